The third kappa shape index (κ3) is 4.70. The van der Waals surface area contributed by atoms with Gasteiger partial charge in [0.1, 0.15) is 0 Å². The maximum atomic E-state index is 12.3. The highest BCUT2D eigenvalue weighted by atomic mass is 32.1. The first-order chi connectivity index (χ1) is 10.6. The highest BCUT2D eigenvalue weighted by molar-refractivity contribution is 7.10. The van der Waals surface area contributed by atoms with Crippen LogP contribution in [0.25, 0.3) is 0 Å². The van der Waals surface area contributed by atoms with Gasteiger partial charge >= 0.3 is 0 Å². The van der Waals surface area contributed by atoms with Crippen LogP contribution in [0, 0.1) is 0 Å². The average molecular weight is 316 g/mol. The fraction of sp³-hybridized carbons (Fsp3) is 0.294. The zero-order chi connectivity index (χ0) is 15.9. The zero-order valence-electron chi connectivity index (χ0n) is 12.7. The summed E-state index contributed by atoms with van der Waals surface area (Å²) < 4.78 is 0. The molecular formula is C17H20N2O2S. The van der Waals surface area contributed by atoms with Crippen molar-refractivity contribution in [3.63, 3.8) is 0 Å². The molecule has 2 rings (SSSR count). The van der Waals surface area contributed by atoms with E-state index in [1.807, 2.05) is 54.8 Å². The van der Waals surface area contributed by atoms with E-state index in [-0.39, 0.29) is 30.3 Å². The lowest BCUT2D eigenvalue weighted by Crippen LogP contribution is -2.33. The topological polar surface area (TPSA) is 58.2 Å². The summed E-state index contributed by atoms with van der Waals surface area (Å²) in [7, 11) is 0. The molecule has 5 heteroatoms. The maximum absolute atomic E-state index is 12.3. The summed E-state index contributed by atoms with van der Waals surface area (Å²) >= 11 is 1.61. The number of carbonyl (C=O) groups is 2. The van der Waals surface area contributed by atoms with Crippen molar-refractivity contribution in [2.45, 2.75) is 32.4 Å². The molecule has 2 amide bonds. The van der Waals surface area contributed by atoms with Gasteiger partial charge in [-0.15, -0.1) is 11.3 Å². The number of hydrogen-bond acceptors (Lipinski definition) is 3. The second kappa shape index (κ2) is 7.75. The minimum Gasteiger partial charge on any atom is -0.349 e. The Morgan fingerprint density at radius 2 is 1.82 bits per heavy atom. The quantitative estimate of drug-likeness (QED) is 0.860. The molecule has 1 aromatic carbocycles. The minimum atomic E-state index is -0.311. The summed E-state index contributed by atoms with van der Waals surface area (Å²) in [4.78, 5) is 24.7. The number of carbonyl (C=O) groups excluding carboxylic acids is 2. The van der Waals surface area contributed by atoms with Gasteiger partial charge in [-0.2, -0.15) is 0 Å². The van der Waals surface area contributed by atoms with Crippen molar-refractivity contribution in [3.8, 4) is 0 Å². The van der Waals surface area contributed by atoms with Gasteiger partial charge in [-0.3, -0.25) is 9.59 Å². The van der Waals surface area contributed by atoms with Crippen molar-refractivity contribution in [3.05, 3.63) is 58.3 Å². The molecule has 2 atom stereocenters. The van der Waals surface area contributed by atoms with E-state index < -0.39 is 0 Å². The van der Waals surface area contributed by atoms with Gasteiger partial charge in [0.15, 0.2) is 0 Å². The van der Waals surface area contributed by atoms with Crippen LogP contribution in [0.15, 0.2) is 47.8 Å². The van der Waals surface area contributed by atoms with E-state index in [4.69, 9.17) is 0 Å². The Labute approximate surface area is 134 Å². The van der Waals surface area contributed by atoms with Crippen LogP contribution in [-0.4, -0.2) is 11.8 Å². The molecule has 0 aliphatic heterocycles. The van der Waals surface area contributed by atoms with Gasteiger partial charge in [0, 0.05) is 11.8 Å². The van der Waals surface area contributed by atoms with E-state index >= 15 is 0 Å². The smallest absolute Gasteiger partial charge is 0.222 e. The van der Waals surface area contributed by atoms with Gasteiger partial charge in [0.05, 0.1) is 18.5 Å². The zero-order valence-corrected chi connectivity index (χ0v) is 13.5. The van der Waals surface area contributed by atoms with Gasteiger partial charge in [-0.05, 0) is 23.9 Å². The van der Waals surface area contributed by atoms with E-state index in [2.05, 4.69) is 10.6 Å². The lowest BCUT2D eigenvalue weighted by Gasteiger charge is -2.19. The number of rotatable bonds is 6. The molecule has 1 aromatic heterocycles. The highest BCUT2D eigenvalue weighted by Crippen LogP contribution is 2.20. The summed E-state index contributed by atoms with van der Waals surface area (Å²) in [6, 6.07) is 13.2. The number of amides is 2. The average Bonchev–Trinajstić information content (AvgIpc) is 3.01. The third-order valence-corrected chi connectivity index (χ3v) is 4.37. The van der Waals surface area contributed by atoms with Gasteiger partial charge in [0.2, 0.25) is 11.8 Å². The molecule has 22 heavy (non-hydrogen) atoms. The van der Waals surface area contributed by atoms with Crippen molar-refractivity contribution in [2.24, 2.45) is 0 Å². The predicted octanol–water partition coefficient (Wildman–Crippen LogP) is 3.19. The van der Waals surface area contributed by atoms with Gasteiger partial charge in [0.25, 0.3) is 0 Å². The number of hydrogen-bond donors (Lipinski definition) is 2. The Morgan fingerprint density at radius 3 is 2.41 bits per heavy atom. The normalized spacial score (nSPS) is 13.2. The SMILES string of the molecule is CC(=O)NC(CC(=O)NC(C)c1cccs1)c1ccccc1. The Balaban J connectivity index is 2.00. The highest BCUT2D eigenvalue weighted by Gasteiger charge is 2.18. The van der Waals surface area contributed by atoms with Gasteiger partial charge in [-0.1, -0.05) is 36.4 Å². The third-order valence-electron chi connectivity index (χ3n) is 3.32. The molecule has 116 valence electrons. The molecule has 0 aliphatic carbocycles. The monoisotopic (exact) mass is 316 g/mol. The molecule has 2 N–H and O–H groups in total. The molecule has 0 saturated heterocycles. The molecule has 0 saturated carbocycles. The predicted molar refractivity (Wildman–Crippen MR) is 88.5 cm³/mol. The van der Waals surface area contributed by atoms with E-state index in [1.165, 1.54) is 6.92 Å². The van der Waals surface area contributed by atoms with Crippen LogP contribution >= 0.6 is 11.3 Å². The fourth-order valence-corrected chi connectivity index (χ4v) is 3.01. The Kier molecular flexibility index (Phi) is 5.72. The van der Waals surface area contributed by atoms with Crippen LogP contribution in [0.2, 0.25) is 0 Å². The molecule has 0 spiro atoms. The molecule has 4 nitrogen and oxygen atoms in total. The maximum Gasteiger partial charge on any atom is 0.222 e. The van der Waals surface area contributed by atoms with Crippen molar-refractivity contribution in [1.82, 2.24) is 10.6 Å². The number of thiophene rings is 1. The first-order valence-electron chi connectivity index (χ1n) is 7.21. The standard InChI is InChI=1S/C17H20N2O2S/c1-12(16-9-6-10-22-16)18-17(21)11-15(19-13(2)20)14-7-4-3-5-8-14/h3-10,12,15H,11H2,1-2H3,(H,18,21)(H,19,20). The minimum absolute atomic E-state index is 0.0266. The summed E-state index contributed by atoms with van der Waals surface area (Å²) in [5.74, 6) is -0.225. The first-order valence-corrected chi connectivity index (χ1v) is 8.09. The largest absolute Gasteiger partial charge is 0.349 e. The summed E-state index contributed by atoms with van der Waals surface area (Å²) in [6.45, 7) is 3.42. The molecule has 2 unspecified atom stereocenters. The Hall–Kier alpha value is -2.14. The molecule has 2 aromatic rings. The second-order valence-electron chi connectivity index (χ2n) is 5.17. The van der Waals surface area contributed by atoms with Gasteiger partial charge in [-0.25, -0.2) is 0 Å². The van der Waals surface area contributed by atoms with Crippen LogP contribution < -0.4 is 10.6 Å². The molecule has 0 aliphatic rings. The van der Waals surface area contributed by atoms with Crippen molar-refractivity contribution in [1.29, 1.82) is 0 Å². The molecule has 1 heterocycles. The van der Waals surface area contributed by atoms with Gasteiger partial charge < -0.3 is 10.6 Å². The van der Waals surface area contributed by atoms with Crippen LogP contribution in [0.1, 0.15) is 42.8 Å². The number of nitrogens with one attached hydrogen (secondary N) is 2. The molecule has 0 radical (unpaired) electrons. The van der Waals surface area contributed by atoms with Crippen molar-refractivity contribution in [2.75, 3.05) is 0 Å². The molecule has 0 bridgehead atoms. The van der Waals surface area contributed by atoms with Crippen molar-refractivity contribution >= 4 is 23.2 Å². The van der Waals surface area contributed by atoms with E-state index in [0.29, 0.717) is 0 Å². The fourth-order valence-electron chi connectivity index (χ4n) is 2.28. The second-order valence-corrected chi connectivity index (χ2v) is 6.15. The molecule has 0 fully saturated rings. The lowest BCUT2D eigenvalue weighted by molar-refractivity contribution is -0.123. The summed E-state index contributed by atoms with van der Waals surface area (Å²) in [5.41, 5.74) is 0.927. The van der Waals surface area contributed by atoms with E-state index in [1.54, 1.807) is 11.3 Å². The van der Waals surface area contributed by atoms with E-state index in [0.717, 1.165) is 10.4 Å². The van der Waals surface area contributed by atoms with E-state index in [9.17, 15) is 9.59 Å². The summed E-state index contributed by atoms with van der Waals surface area (Å²) in [6.07, 6.45) is 0.222. The summed E-state index contributed by atoms with van der Waals surface area (Å²) in [5, 5.41) is 7.80. The van der Waals surface area contributed by atoms with Crippen LogP contribution in [0.4, 0.5) is 0 Å². The first kappa shape index (κ1) is 16.2. The lowest BCUT2D eigenvalue weighted by atomic mass is 10.0. The van der Waals surface area contributed by atoms with Crippen LogP contribution in [-0.2, 0) is 9.59 Å². The van der Waals surface area contributed by atoms with Crippen LogP contribution in [0.3, 0.4) is 0 Å². The number of benzene rings is 1. The Bertz CT molecular complexity index is 611. The Morgan fingerprint density at radius 1 is 1.09 bits per heavy atom. The van der Waals surface area contributed by atoms with Crippen LogP contribution in [0.5, 0.6) is 0 Å². The van der Waals surface area contributed by atoms with Crippen molar-refractivity contribution < 1.29 is 9.59 Å². The molecular weight excluding hydrogens is 296 g/mol.